The average Bonchev–Trinajstić information content (AvgIpc) is 3.47. The van der Waals surface area contributed by atoms with Gasteiger partial charge >= 0.3 is 0 Å². The van der Waals surface area contributed by atoms with E-state index >= 15 is 0 Å². The maximum Gasteiger partial charge on any atom is 0.257 e. The topological polar surface area (TPSA) is 67.2 Å². The van der Waals surface area contributed by atoms with Gasteiger partial charge in [0.05, 0.1) is 28.0 Å². The van der Waals surface area contributed by atoms with Gasteiger partial charge in [0.1, 0.15) is 0 Å². The Morgan fingerprint density at radius 3 is 2.52 bits per heavy atom. The van der Waals surface area contributed by atoms with Crippen LogP contribution in [-0.4, -0.2) is 68.2 Å². The summed E-state index contributed by atoms with van der Waals surface area (Å²) in [5.74, 6) is 0.593. The van der Waals surface area contributed by atoms with Crippen molar-refractivity contribution in [1.29, 1.82) is 0 Å². The van der Waals surface area contributed by atoms with Crippen molar-refractivity contribution in [3.05, 3.63) is 47.2 Å². The van der Waals surface area contributed by atoms with Crippen LogP contribution in [-0.2, 0) is 0 Å². The molecule has 0 saturated heterocycles. The van der Waals surface area contributed by atoms with Crippen LogP contribution in [0.15, 0.2) is 36.0 Å². The van der Waals surface area contributed by atoms with Gasteiger partial charge in [-0.25, -0.2) is 14.6 Å². The molecule has 0 atom stereocenters. The lowest BCUT2D eigenvalue weighted by Crippen LogP contribution is -2.39. The smallest absolute Gasteiger partial charge is 0.257 e. The minimum atomic E-state index is 0.0130. The van der Waals surface area contributed by atoms with Crippen LogP contribution >= 0.6 is 11.3 Å². The molecule has 3 aromatic rings. The number of amides is 1. The molecule has 0 N–H and O–H groups in total. The minimum absolute atomic E-state index is 0.0130. The standard InChI is InChI=1S/C23H32N6OS/c1-6-27(7-2)13-14-28(8-3)22(30)18-16-25-29(21(18)17(4)5)23-24-12-11-19(26-23)20-10-9-15-31-20/h9-12,15-17H,6-8,13-14H2,1-5H3. The quantitative estimate of drug-likeness (QED) is 0.470. The van der Waals surface area contributed by atoms with Gasteiger partial charge in [0.25, 0.3) is 11.9 Å². The summed E-state index contributed by atoms with van der Waals surface area (Å²) in [4.78, 5) is 27.9. The van der Waals surface area contributed by atoms with Crippen molar-refractivity contribution < 1.29 is 4.79 Å². The summed E-state index contributed by atoms with van der Waals surface area (Å²) in [5, 5.41) is 6.56. The predicted molar refractivity (Wildman–Crippen MR) is 126 cm³/mol. The summed E-state index contributed by atoms with van der Waals surface area (Å²) in [6, 6.07) is 5.93. The fourth-order valence-corrected chi connectivity index (χ4v) is 4.32. The number of rotatable bonds is 10. The second-order valence-corrected chi connectivity index (χ2v) is 8.59. The molecule has 1 amide bonds. The lowest BCUT2D eigenvalue weighted by Gasteiger charge is -2.25. The zero-order chi connectivity index (χ0) is 22.4. The lowest BCUT2D eigenvalue weighted by atomic mass is 10.0. The van der Waals surface area contributed by atoms with Crippen LogP contribution in [0.4, 0.5) is 0 Å². The van der Waals surface area contributed by atoms with Crippen LogP contribution < -0.4 is 0 Å². The van der Waals surface area contributed by atoms with E-state index in [9.17, 15) is 4.79 Å². The highest BCUT2D eigenvalue weighted by atomic mass is 32.1. The summed E-state index contributed by atoms with van der Waals surface area (Å²) in [7, 11) is 0. The molecule has 7 nitrogen and oxygen atoms in total. The number of thiophene rings is 1. The summed E-state index contributed by atoms with van der Waals surface area (Å²) in [6.45, 7) is 14.6. The van der Waals surface area contributed by atoms with E-state index in [1.165, 1.54) is 0 Å². The largest absolute Gasteiger partial charge is 0.338 e. The molecule has 3 heterocycles. The molecule has 0 aliphatic heterocycles. The third-order valence-corrected chi connectivity index (χ3v) is 6.33. The molecule has 0 spiro atoms. The molecule has 0 saturated carbocycles. The third-order valence-electron chi connectivity index (χ3n) is 5.44. The Labute approximate surface area is 188 Å². The Morgan fingerprint density at radius 1 is 1.13 bits per heavy atom. The summed E-state index contributed by atoms with van der Waals surface area (Å²) >= 11 is 1.63. The molecule has 31 heavy (non-hydrogen) atoms. The number of likely N-dealkylation sites (N-methyl/N-ethyl adjacent to an activating group) is 2. The summed E-state index contributed by atoms with van der Waals surface area (Å²) in [6.07, 6.45) is 3.41. The average molecular weight is 441 g/mol. The van der Waals surface area contributed by atoms with E-state index < -0.39 is 0 Å². The zero-order valence-electron chi connectivity index (χ0n) is 19.1. The van der Waals surface area contributed by atoms with Gasteiger partial charge in [-0.15, -0.1) is 11.3 Å². The van der Waals surface area contributed by atoms with Gasteiger partial charge in [0.15, 0.2) is 0 Å². The fourth-order valence-electron chi connectivity index (χ4n) is 3.63. The molecule has 0 aromatic carbocycles. The van der Waals surface area contributed by atoms with Crippen molar-refractivity contribution in [3.63, 3.8) is 0 Å². The molecular formula is C23H32N6OS. The van der Waals surface area contributed by atoms with Crippen molar-refractivity contribution in [2.24, 2.45) is 0 Å². The number of carbonyl (C=O) groups is 1. The van der Waals surface area contributed by atoms with Crippen molar-refractivity contribution in [3.8, 4) is 16.5 Å². The molecular weight excluding hydrogens is 408 g/mol. The summed E-state index contributed by atoms with van der Waals surface area (Å²) < 4.78 is 1.72. The summed E-state index contributed by atoms with van der Waals surface area (Å²) in [5.41, 5.74) is 2.32. The van der Waals surface area contributed by atoms with E-state index in [4.69, 9.17) is 4.98 Å². The maximum atomic E-state index is 13.4. The van der Waals surface area contributed by atoms with Gasteiger partial charge in [-0.3, -0.25) is 4.79 Å². The Kier molecular flexibility index (Phi) is 7.92. The molecule has 0 aliphatic carbocycles. The van der Waals surface area contributed by atoms with E-state index in [0.29, 0.717) is 24.6 Å². The molecule has 8 heteroatoms. The number of hydrogen-bond acceptors (Lipinski definition) is 6. The molecule has 0 fully saturated rings. The van der Waals surface area contributed by atoms with Crippen molar-refractivity contribution >= 4 is 17.2 Å². The van der Waals surface area contributed by atoms with Gasteiger partial charge in [-0.2, -0.15) is 5.10 Å². The number of hydrogen-bond donors (Lipinski definition) is 0. The SMILES string of the molecule is CCN(CC)CCN(CC)C(=O)c1cnn(-c2nccc(-c3cccs3)n2)c1C(C)C. The highest BCUT2D eigenvalue weighted by Gasteiger charge is 2.25. The number of nitrogens with zero attached hydrogens (tertiary/aromatic N) is 6. The molecule has 3 rings (SSSR count). The Balaban J connectivity index is 1.92. The van der Waals surface area contributed by atoms with Crippen LogP contribution in [0.3, 0.4) is 0 Å². The molecule has 3 aromatic heterocycles. The zero-order valence-corrected chi connectivity index (χ0v) is 19.9. The van der Waals surface area contributed by atoms with Gasteiger partial charge in [-0.05, 0) is 43.4 Å². The normalized spacial score (nSPS) is 11.5. The van der Waals surface area contributed by atoms with E-state index in [-0.39, 0.29) is 11.8 Å². The first-order valence-electron chi connectivity index (χ1n) is 11.0. The van der Waals surface area contributed by atoms with Gasteiger partial charge in [0.2, 0.25) is 0 Å². The molecule has 0 radical (unpaired) electrons. The van der Waals surface area contributed by atoms with E-state index in [1.54, 1.807) is 28.4 Å². The monoisotopic (exact) mass is 440 g/mol. The van der Waals surface area contributed by atoms with Gasteiger partial charge in [0, 0.05) is 25.8 Å². The third kappa shape index (κ3) is 5.19. The minimum Gasteiger partial charge on any atom is -0.338 e. The Morgan fingerprint density at radius 2 is 1.90 bits per heavy atom. The number of carbonyl (C=O) groups excluding carboxylic acids is 1. The highest BCUT2D eigenvalue weighted by Crippen LogP contribution is 2.26. The predicted octanol–water partition coefficient (Wildman–Crippen LogP) is 4.32. The van der Waals surface area contributed by atoms with Crippen molar-refractivity contribution in [2.75, 3.05) is 32.7 Å². The highest BCUT2D eigenvalue weighted by molar-refractivity contribution is 7.13. The first kappa shape index (κ1) is 23.1. The fraction of sp³-hybridized carbons (Fsp3) is 0.478. The second-order valence-electron chi connectivity index (χ2n) is 7.64. The van der Waals surface area contributed by atoms with Crippen molar-refractivity contribution in [1.82, 2.24) is 29.5 Å². The van der Waals surface area contributed by atoms with E-state index in [2.05, 4.69) is 42.7 Å². The molecule has 0 aliphatic rings. The molecule has 166 valence electrons. The second kappa shape index (κ2) is 10.6. The Hall–Kier alpha value is -2.58. The van der Waals surface area contributed by atoms with E-state index in [1.807, 2.05) is 35.4 Å². The van der Waals surface area contributed by atoms with Gasteiger partial charge < -0.3 is 9.80 Å². The van der Waals surface area contributed by atoms with Crippen LogP contribution in [0.1, 0.15) is 56.6 Å². The first-order valence-corrected chi connectivity index (χ1v) is 11.8. The van der Waals surface area contributed by atoms with Crippen LogP contribution in [0, 0.1) is 0 Å². The maximum absolute atomic E-state index is 13.4. The van der Waals surface area contributed by atoms with Crippen LogP contribution in [0.2, 0.25) is 0 Å². The molecule has 0 bridgehead atoms. The van der Waals surface area contributed by atoms with Gasteiger partial charge in [-0.1, -0.05) is 33.8 Å². The van der Waals surface area contributed by atoms with E-state index in [0.717, 1.165) is 35.9 Å². The van der Waals surface area contributed by atoms with Crippen LogP contribution in [0.5, 0.6) is 0 Å². The number of aromatic nitrogens is 4. The molecule has 0 unspecified atom stereocenters. The van der Waals surface area contributed by atoms with Crippen LogP contribution in [0.25, 0.3) is 16.5 Å². The first-order chi connectivity index (χ1) is 15.0. The Bertz CT molecular complexity index is 978. The van der Waals surface area contributed by atoms with Crippen molar-refractivity contribution in [2.45, 2.75) is 40.5 Å². The lowest BCUT2D eigenvalue weighted by molar-refractivity contribution is 0.0745.